The van der Waals surface area contributed by atoms with E-state index in [0.717, 1.165) is 17.1 Å². The van der Waals surface area contributed by atoms with Gasteiger partial charge >= 0.3 is 16.3 Å². The van der Waals surface area contributed by atoms with E-state index in [1.807, 2.05) is 0 Å². The molecule has 1 unspecified atom stereocenters. The molecular weight excluding hydrogens is 244 g/mol. The first kappa shape index (κ1) is 12.6. The Bertz CT molecular complexity index is 426. The number of amides is 1. The number of fused-ring (bicyclic) bond motifs is 1. The van der Waals surface area contributed by atoms with Gasteiger partial charge in [0.2, 0.25) is 0 Å². The maximum absolute atomic E-state index is 12.1. The molecule has 98 valence electrons. The van der Waals surface area contributed by atoms with Crippen LogP contribution in [0.3, 0.4) is 0 Å². The van der Waals surface area contributed by atoms with Crippen molar-refractivity contribution in [1.29, 1.82) is 0 Å². The third-order valence-corrected chi connectivity index (χ3v) is 4.80. The van der Waals surface area contributed by atoms with Crippen molar-refractivity contribution in [2.45, 2.75) is 45.3 Å². The van der Waals surface area contributed by atoms with Gasteiger partial charge in [0.25, 0.3) is 0 Å². The van der Waals surface area contributed by atoms with Crippen LogP contribution >= 0.6 is 0 Å². The number of hydrogen-bond donors (Lipinski definition) is 0. The van der Waals surface area contributed by atoms with Crippen LogP contribution in [0, 0.1) is 0 Å². The molecule has 2 heterocycles. The molecule has 0 spiro atoms. The highest BCUT2D eigenvalue weighted by atomic mass is 32.2. The first-order valence-corrected chi connectivity index (χ1v) is 7.14. The molecule has 0 bridgehead atoms. The number of hydrogen-bond acceptors (Lipinski definition) is 4. The topological polar surface area (TPSA) is 66.9 Å². The van der Waals surface area contributed by atoms with Gasteiger partial charge in [-0.2, -0.15) is 17.0 Å². The van der Waals surface area contributed by atoms with Gasteiger partial charge in [-0.15, -0.1) is 0 Å². The van der Waals surface area contributed by atoms with Crippen LogP contribution in [0.5, 0.6) is 0 Å². The van der Waals surface area contributed by atoms with E-state index in [1.165, 1.54) is 4.31 Å². The van der Waals surface area contributed by atoms with Crippen molar-refractivity contribution in [3.05, 3.63) is 0 Å². The van der Waals surface area contributed by atoms with Gasteiger partial charge in [-0.3, -0.25) is 0 Å². The summed E-state index contributed by atoms with van der Waals surface area (Å²) in [5, 5.41) is 0. The molecule has 0 aliphatic carbocycles. The Morgan fingerprint density at radius 2 is 2.00 bits per heavy atom. The minimum atomic E-state index is -3.64. The molecule has 1 amide bonds. The van der Waals surface area contributed by atoms with Crippen molar-refractivity contribution in [3.63, 3.8) is 0 Å². The predicted octanol–water partition coefficient (Wildman–Crippen LogP) is 0.946. The SMILES string of the molecule is CC(C)(C)OC(=O)N1CC2CCCN2S1(=O)=O. The smallest absolute Gasteiger partial charge is 0.425 e. The summed E-state index contributed by atoms with van der Waals surface area (Å²) >= 11 is 0. The summed E-state index contributed by atoms with van der Waals surface area (Å²) in [6, 6.07) is -0.0625. The molecule has 0 saturated carbocycles. The summed E-state index contributed by atoms with van der Waals surface area (Å²) in [7, 11) is -3.64. The van der Waals surface area contributed by atoms with E-state index in [4.69, 9.17) is 4.74 Å². The van der Waals surface area contributed by atoms with Crippen LogP contribution in [-0.4, -0.2) is 47.9 Å². The Hall–Kier alpha value is -0.820. The molecular formula is C10H18N2O4S. The molecule has 2 fully saturated rings. The number of ether oxygens (including phenoxy) is 1. The lowest BCUT2D eigenvalue weighted by Crippen LogP contribution is -2.40. The summed E-state index contributed by atoms with van der Waals surface area (Å²) < 4.78 is 31.5. The maximum atomic E-state index is 12.1. The monoisotopic (exact) mass is 262 g/mol. The van der Waals surface area contributed by atoms with Crippen LogP contribution in [-0.2, 0) is 14.9 Å². The van der Waals surface area contributed by atoms with E-state index < -0.39 is 21.9 Å². The number of rotatable bonds is 0. The van der Waals surface area contributed by atoms with Gasteiger partial charge in [0.15, 0.2) is 0 Å². The van der Waals surface area contributed by atoms with Crippen molar-refractivity contribution in [2.75, 3.05) is 13.1 Å². The molecule has 2 aliphatic rings. The highest BCUT2D eigenvalue weighted by molar-refractivity contribution is 7.87. The fraction of sp³-hybridized carbons (Fsp3) is 0.900. The van der Waals surface area contributed by atoms with Crippen molar-refractivity contribution < 1.29 is 17.9 Å². The second-order valence-corrected chi connectivity index (χ2v) is 7.23. The Kier molecular flexibility index (Phi) is 2.86. The van der Waals surface area contributed by atoms with Crippen LogP contribution in [0.2, 0.25) is 0 Å². The summed E-state index contributed by atoms with van der Waals surface area (Å²) in [4.78, 5) is 11.8. The summed E-state index contributed by atoms with van der Waals surface area (Å²) in [5.41, 5.74) is -0.681. The molecule has 0 radical (unpaired) electrons. The van der Waals surface area contributed by atoms with Crippen LogP contribution in [0.1, 0.15) is 33.6 Å². The van der Waals surface area contributed by atoms with E-state index in [0.29, 0.717) is 6.54 Å². The van der Waals surface area contributed by atoms with Gasteiger partial charge in [0.05, 0.1) is 6.54 Å². The molecule has 0 aromatic carbocycles. The Labute approximate surface area is 102 Å². The molecule has 7 heteroatoms. The molecule has 2 rings (SSSR count). The van der Waals surface area contributed by atoms with Gasteiger partial charge in [-0.05, 0) is 33.6 Å². The second-order valence-electron chi connectivity index (χ2n) is 5.43. The number of carbonyl (C=O) groups is 1. The first-order valence-electron chi connectivity index (χ1n) is 5.74. The Balaban J connectivity index is 2.16. The first-order chi connectivity index (χ1) is 7.72. The summed E-state index contributed by atoms with van der Waals surface area (Å²) in [6.07, 6.45) is 0.914. The van der Waals surface area contributed by atoms with E-state index in [2.05, 4.69) is 0 Å². The second kappa shape index (κ2) is 3.84. The normalized spacial score (nSPS) is 28.2. The molecule has 2 aliphatic heterocycles. The lowest BCUT2D eigenvalue weighted by molar-refractivity contribution is 0.0398. The number of carbonyl (C=O) groups excluding carboxylic acids is 1. The Morgan fingerprint density at radius 3 is 2.53 bits per heavy atom. The van der Waals surface area contributed by atoms with Crippen molar-refractivity contribution >= 4 is 16.3 Å². The van der Waals surface area contributed by atoms with E-state index in [-0.39, 0.29) is 12.6 Å². The predicted molar refractivity (Wildman–Crippen MR) is 61.6 cm³/mol. The molecule has 2 saturated heterocycles. The summed E-state index contributed by atoms with van der Waals surface area (Å²) in [5.74, 6) is 0. The van der Waals surface area contributed by atoms with Crippen molar-refractivity contribution in [3.8, 4) is 0 Å². The molecule has 1 atom stereocenters. The van der Waals surface area contributed by atoms with E-state index in [1.54, 1.807) is 20.8 Å². The zero-order valence-corrected chi connectivity index (χ0v) is 11.2. The fourth-order valence-electron chi connectivity index (χ4n) is 2.19. The third-order valence-electron chi connectivity index (χ3n) is 2.87. The van der Waals surface area contributed by atoms with Crippen LogP contribution in [0.4, 0.5) is 4.79 Å². The van der Waals surface area contributed by atoms with Crippen LogP contribution in [0.15, 0.2) is 0 Å². The van der Waals surface area contributed by atoms with Crippen molar-refractivity contribution in [2.24, 2.45) is 0 Å². The average molecular weight is 262 g/mol. The Morgan fingerprint density at radius 1 is 1.35 bits per heavy atom. The molecule has 0 aromatic rings. The molecule has 0 aromatic heterocycles. The minimum absolute atomic E-state index is 0.0625. The van der Waals surface area contributed by atoms with E-state index in [9.17, 15) is 13.2 Å². The van der Waals surface area contributed by atoms with Gasteiger partial charge in [0, 0.05) is 12.6 Å². The maximum Gasteiger partial charge on any atom is 0.425 e. The quantitative estimate of drug-likeness (QED) is 0.652. The lowest BCUT2D eigenvalue weighted by Gasteiger charge is -2.24. The third kappa shape index (κ3) is 2.26. The zero-order valence-electron chi connectivity index (χ0n) is 10.3. The van der Waals surface area contributed by atoms with Gasteiger partial charge in [-0.25, -0.2) is 4.79 Å². The van der Waals surface area contributed by atoms with Gasteiger partial charge in [0.1, 0.15) is 5.60 Å². The molecule has 17 heavy (non-hydrogen) atoms. The van der Waals surface area contributed by atoms with E-state index >= 15 is 0 Å². The van der Waals surface area contributed by atoms with Gasteiger partial charge < -0.3 is 4.74 Å². The highest BCUT2D eigenvalue weighted by Gasteiger charge is 2.49. The zero-order chi connectivity index (χ0) is 12.8. The standard InChI is InChI=1S/C10H18N2O4S/c1-10(2,3)16-9(13)12-7-8-5-4-6-11(8)17(12,14)15/h8H,4-7H2,1-3H3. The highest BCUT2D eigenvalue weighted by Crippen LogP contribution is 2.31. The molecule has 6 nitrogen and oxygen atoms in total. The number of nitrogens with zero attached hydrogens (tertiary/aromatic N) is 2. The van der Waals surface area contributed by atoms with Gasteiger partial charge in [-0.1, -0.05) is 0 Å². The minimum Gasteiger partial charge on any atom is -0.443 e. The average Bonchev–Trinajstić information content (AvgIpc) is 2.65. The molecule has 0 N–H and O–H groups in total. The largest absolute Gasteiger partial charge is 0.443 e. The summed E-state index contributed by atoms with van der Waals surface area (Å²) in [6.45, 7) is 5.88. The van der Waals surface area contributed by atoms with Crippen molar-refractivity contribution in [1.82, 2.24) is 8.61 Å². The van der Waals surface area contributed by atoms with Crippen LogP contribution in [0.25, 0.3) is 0 Å². The fourth-order valence-corrected chi connectivity index (χ4v) is 3.94. The lowest BCUT2D eigenvalue weighted by atomic mass is 10.2. The van der Waals surface area contributed by atoms with Crippen LogP contribution < -0.4 is 0 Å².